The minimum Gasteiger partial charge on any atom is -0.311 e. The first-order valence-corrected chi connectivity index (χ1v) is 34.4. The van der Waals surface area contributed by atoms with Gasteiger partial charge in [0.2, 0.25) is 0 Å². The number of hydrogen-bond acceptors (Lipinski definition) is 1. The molecule has 0 bridgehead atoms. The molecular weight excluding hydrogens is 1050 g/mol. The van der Waals surface area contributed by atoms with Crippen molar-refractivity contribution in [2.75, 3.05) is 4.90 Å². The second-order valence-corrected chi connectivity index (χ2v) is 25.9. The maximum atomic E-state index is 2.81. The van der Waals surface area contributed by atoms with Crippen molar-refractivity contribution in [3.05, 3.63) is 228 Å². The van der Waals surface area contributed by atoms with Crippen LogP contribution in [-0.4, -0.2) is 4.57 Å². The highest BCUT2D eigenvalue weighted by molar-refractivity contribution is 6.16. The molecule has 1 aromatic heterocycles. The van der Waals surface area contributed by atoms with Gasteiger partial charge in [0.15, 0.2) is 0 Å². The molecule has 448 valence electrons. The van der Waals surface area contributed by atoms with Gasteiger partial charge in [0, 0.05) is 44.5 Å². The maximum Gasteiger partial charge on any atom is 0.0622 e. The van der Waals surface area contributed by atoms with E-state index >= 15 is 0 Å². The molecule has 0 fully saturated rings. The third-order valence-electron chi connectivity index (χ3n) is 19.5. The van der Waals surface area contributed by atoms with Gasteiger partial charge in [-0.1, -0.05) is 288 Å². The van der Waals surface area contributed by atoms with Crippen LogP contribution in [0.4, 0.5) is 17.1 Å². The Kier molecular flexibility index (Phi) is 20.8. The van der Waals surface area contributed by atoms with E-state index in [1.807, 2.05) is 0 Å². The summed E-state index contributed by atoms with van der Waals surface area (Å²) in [6.07, 6.45) is 30.0. The van der Waals surface area contributed by atoms with Gasteiger partial charge < -0.3 is 9.47 Å². The van der Waals surface area contributed by atoms with E-state index in [-0.39, 0.29) is 5.41 Å². The average Bonchev–Trinajstić information content (AvgIpc) is 1.54. The Bertz CT molecular complexity index is 3790. The Morgan fingerprint density at radius 3 is 1.41 bits per heavy atom. The van der Waals surface area contributed by atoms with Crippen molar-refractivity contribution in [2.24, 2.45) is 0 Å². The Morgan fingerprint density at radius 1 is 0.345 bits per heavy atom. The number of hydrogen-bond donors (Lipinski definition) is 0. The zero-order chi connectivity index (χ0) is 60.0. The van der Waals surface area contributed by atoms with E-state index in [1.165, 1.54) is 236 Å². The molecular formula is C85H98N2. The van der Waals surface area contributed by atoms with Gasteiger partial charge in [-0.05, 0) is 174 Å². The van der Waals surface area contributed by atoms with Gasteiger partial charge in [-0.15, -0.1) is 0 Å². The fourth-order valence-corrected chi connectivity index (χ4v) is 14.7. The Labute approximate surface area is 524 Å². The molecule has 1 aliphatic rings. The van der Waals surface area contributed by atoms with Crippen LogP contribution < -0.4 is 4.90 Å². The molecule has 10 aromatic rings. The number of fused-ring (bicyclic) bond motifs is 7. The molecule has 0 saturated carbocycles. The van der Waals surface area contributed by atoms with Gasteiger partial charge in [0.25, 0.3) is 0 Å². The third-order valence-corrected chi connectivity index (χ3v) is 19.5. The molecule has 2 nitrogen and oxygen atoms in total. The first-order valence-electron chi connectivity index (χ1n) is 34.4. The summed E-state index contributed by atoms with van der Waals surface area (Å²) in [5.74, 6) is 0. The zero-order valence-corrected chi connectivity index (χ0v) is 53.8. The van der Waals surface area contributed by atoms with Gasteiger partial charge >= 0.3 is 0 Å². The summed E-state index contributed by atoms with van der Waals surface area (Å²) in [7, 11) is 0. The number of unbranched alkanes of at least 4 members (excludes halogenated alkanes) is 16. The minimum atomic E-state index is -0.0268. The summed E-state index contributed by atoms with van der Waals surface area (Å²) < 4.78 is 2.81. The molecule has 0 N–H and O–H groups in total. The van der Waals surface area contributed by atoms with Crippen molar-refractivity contribution in [2.45, 2.75) is 201 Å². The van der Waals surface area contributed by atoms with Crippen molar-refractivity contribution >= 4 is 38.9 Å². The van der Waals surface area contributed by atoms with Gasteiger partial charge in [0.05, 0.1) is 11.0 Å². The lowest BCUT2D eigenvalue weighted by Crippen LogP contribution is -2.25. The molecule has 11 rings (SSSR count). The van der Waals surface area contributed by atoms with Crippen molar-refractivity contribution < 1.29 is 0 Å². The lowest BCUT2D eigenvalue weighted by atomic mass is 9.70. The number of aryl methyl sites for hydroxylation is 4. The van der Waals surface area contributed by atoms with Gasteiger partial charge in [-0.3, -0.25) is 0 Å². The molecule has 1 aliphatic carbocycles. The summed E-state index contributed by atoms with van der Waals surface area (Å²) in [6.45, 7) is 13.9. The molecule has 1 heterocycles. The largest absolute Gasteiger partial charge is 0.311 e. The molecule has 0 unspecified atom stereocenters. The van der Waals surface area contributed by atoms with Crippen molar-refractivity contribution in [1.82, 2.24) is 4.57 Å². The Hall–Kier alpha value is -7.42. The molecule has 9 aromatic carbocycles. The SMILES string of the molecule is CCCCCCCCC1(CCCCCCCC)c2cc(C)ccc2-c2c1ccc1c3cc(-c4ccccc4)ccc3n(-c3cc(CCCCCC)c(-c4ccc(N(c5ccc(C)cc5)c5ccc(-c6ccccc6)cc5)cc4)cc3CCCCCC)c21. The third kappa shape index (κ3) is 13.7. The summed E-state index contributed by atoms with van der Waals surface area (Å²) in [5.41, 5.74) is 26.9. The summed E-state index contributed by atoms with van der Waals surface area (Å²) in [4.78, 5) is 2.42. The molecule has 0 atom stereocenters. The second-order valence-electron chi connectivity index (χ2n) is 25.9. The number of benzene rings is 9. The first-order chi connectivity index (χ1) is 42.8. The summed E-state index contributed by atoms with van der Waals surface area (Å²) >= 11 is 0. The Balaban J connectivity index is 1.11. The normalized spacial score (nSPS) is 12.5. The molecule has 2 heteroatoms. The average molecular weight is 1150 g/mol. The van der Waals surface area contributed by atoms with Crippen LogP contribution in [-0.2, 0) is 18.3 Å². The topological polar surface area (TPSA) is 8.17 Å². The molecule has 0 saturated heterocycles. The molecule has 0 radical (unpaired) electrons. The number of anilines is 3. The standard InChI is InChI=1S/C85H98N2/c1-7-11-15-19-21-31-57-85(58-32-22-20-16-12-8-2)79-55-54-75-78-60-69(66-35-29-24-30-36-66)46-56-81(78)87(84(75)83(79)76-53-41-64(6)59-80(76)85)82-62-70(37-25-17-13-9-3)77(61-71(82)38-26-18-14-10-4)68-44-51-74(52-45-68)86(72-47-39-63(5)40-48-72)73-49-42-67(43-50-73)65-33-27-23-28-34-65/h23-24,27-30,33-36,39-56,59-62H,7-22,25-26,31-32,37-38,57-58H2,1-6H3. The zero-order valence-electron chi connectivity index (χ0n) is 53.8. The highest BCUT2D eigenvalue weighted by Gasteiger charge is 2.44. The molecule has 0 aliphatic heterocycles. The number of rotatable bonds is 31. The van der Waals surface area contributed by atoms with Crippen LogP contribution in [0, 0.1) is 13.8 Å². The van der Waals surface area contributed by atoms with E-state index in [0.717, 1.165) is 29.9 Å². The van der Waals surface area contributed by atoms with Crippen LogP contribution in [0.3, 0.4) is 0 Å². The molecule has 0 amide bonds. The van der Waals surface area contributed by atoms with Crippen LogP contribution in [0.15, 0.2) is 194 Å². The van der Waals surface area contributed by atoms with Gasteiger partial charge in [-0.2, -0.15) is 0 Å². The quantitative estimate of drug-likeness (QED) is 0.0393. The van der Waals surface area contributed by atoms with Crippen LogP contribution in [0.5, 0.6) is 0 Å². The smallest absolute Gasteiger partial charge is 0.0622 e. The lowest BCUT2D eigenvalue weighted by molar-refractivity contribution is 0.398. The first kappa shape index (κ1) is 61.2. The second kappa shape index (κ2) is 29.5. The van der Waals surface area contributed by atoms with Crippen LogP contribution >= 0.6 is 0 Å². The van der Waals surface area contributed by atoms with Gasteiger partial charge in [0.1, 0.15) is 0 Å². The van der Waals surface area contributed by atoms with E-state index in [4.69, 9.17) is 0 Å². The summed E-state index contributed by atoms with van der Waals surface area (Å²) in [6, 6.07) is 75.1. The minimum absolute atomic E-state index is 0.0268. The molecule has 0 spiro atoms. The predicted molar refractivity (Wildman–Crippen MR) is 379 cm³/mol. The predicted octanol–water partition coefficient (Wildman–Crippen LogP) is 25.9. The fourth-order valence-electron chi connectivity index (χ4n) is 14.7. The van der Waals surface area contributed by atoms with Crippen LogP contribution in [0.2, 0.25) is 0 Å². The highest BCUT2D eigenvalue weighted by atomic mass is 15.1. The monoisotopic (exact) mass is 1150 g/mol. The van der Waals surface area contributed by atoms with Crippen molar-refractivity contribution in [1.29, 1.82) is 0 Å². The van der Waals surface area contributed by atoms with E-state index in [1.54, 1.807) is 11.1 Å². The van der Waals surface area contributed by atoms with Gasteiger partial charge in [-0.25, -0.2) is 0 Å². The highest BCUT2D eigenvalue weighted by Crippen LogP contribution is 2.58. The number of aromatic nitrogens is 1. The lowest BCUT2D eigenvalue weighted by Gasteiger charge is -2.33. The van der Waals surface area contributed by atoms with Crippen molar-refractivity contribution in [3.63, 3.8) is 0 Å². The number of nitrogens with zero attached hydrogens (tertiary/aromatic N) is 2. The van der Waals surface area contributed by atoms with E-state index in [0.29, 0.717) is 0 Å². The maximum absolute atomic E-state index is 2.81. The van der Waals surface area contributed by atoms with E-state index in [9.17, 15) is 0 Å². The van der Waals surface area contributed by atoms with Crippen LogP contribution in [0.1, 0.15) is 202 Å². The van der Waals surface area contributed by atoms with Crippen molar-refractivity contribution in [3.8, 4) is 50.2 Å². The van der Waals surface area contributed by atoms with E-state index < -0.39 is 0 Å². The van der Waals surface area contributed by atoms with E-state index in [2.05, 4.69) is 245 Å². The fraction of sp³-hybridized carbons (Fsp3) is 0.365. The molecule has 87 heavy (non-hydrogen) atoms. The summed E-state index contributed by atoms with van der Waals surface area (Å²) in [5, 5.41) is 2.72. The van der Waals surface area contributed by atoms with Crippen LogP contribution in [0.25, 0.3) is 72.0 Å². The Morgan fingerprint density at radius 2 is 0.828 bits per heavy atom.